The number of nitrogens with two attached hydrogens (primary N) is 1. The third-order valence-electron chi connectivity index (χ3n) is 2.13. The molecule has 5 nitrogen and oxygen atoms in total. The Bertz CT molecular complexity index is 391. The van der Waals surface area contributed by atoms with E-state index in [9.17, 15) is 9.90 Å². The number of benzene rings is 1. The second kappa shape index (κ2) is 4.85. The summed E-state index contributed by atoms with van der Waals surface area (Å²) in [5.41, 5.74) is 5.90. The van der Waals surface area contributed by atoms with Crippen LogP contribution in [0.3, 0.4) is 0 Å². The number of carbonyl (C=O) groups excluding carboxylic acids is 1. The third kappa shape index (κ3) is 2.87. The van der Waals surface area contributed by atoms with E-state index in [1.807, 2.05) is 0 Å². The van der Waals surface area contributed by atoms with Crippen molar-refractivity contribution >= 4 is 5.91 Å². The molecule has 5 heteroatoms. The van der Waals surface area contributed by atoms with Gasteiger partial charge in [0, 0.05) is 25.2 Å². The quantitative estimate of drug-likeness (QED) is 0.653. The number of phenolic OH excluding ortho intramolecular Hbond substituents is 2. The fourth-order valence-corrected chi connectivity index (χ4v) is 1.39. The van der Waals surface area contributed by atoms with Crippen molar-refractivity contribution < 1.29 is 15.0 Å². The van der Waals surface area contributed by atoms with Gasteiger partial charge in [0.2, 0.25) is 0 Å². The Labute approximate surface area is 94.1 Å². The smallest absolute Gasteiger partial charge is 0.253 e. The van der Waals surface area contributed by atoms with E-state index >= 15 is 0 Å². The number of likely N-dealkylation sites (N-methyl/N-ethyl adjacent to an activating group) is 1. The Morgan fingerprint density at radius 2 is 2.06 bits per heavy atom. The summed E-state index contributed by atoms with van der Waals surface area (Å²) in [5.74, 6) is -0.793. The Hall–Kier alpha value is -1.75. The van der Waals surface area contributed by atoms with Crippen LogP contribution >= 0.6 is 0 Å². The molecule has 88 valence electrons. The van der Waals surface area contributed by atoms with Crippen LogP contribution in [0.15, 0.2) is 18.2 Å². The summed E-state index contributed by atoms with van der Waals surface area (Å²) in [6.45, 7) is 2.23. The second-order valence-corrected chi connectivity index (χ2v) is 3.87. The van der Waals surface area contributed by atoms with Gasteiger partial charge in [-0.2, -0.15) is 0 Å². The molecule has 0 aliphatic heterocycles. The summed E-state index contributed by atoms with van der Waals surface area (Å²) >= 11 is 0. The van der Waals surface area contributed by atoms with Crippen molar-refractivity contribution in [3.63, 3.8) is 0 Å². The van der Waals surface area contributed by atoms with Crippen LogP contribution in [-0.4, -0.2) is 40.7 Å². The standard InChI is InChI=1S/C11H16N2O3/c1-7(12)6-13(2)11(16)8-3-4-9(14)10(15)5-8/h3-5,7,14-15H,6,12H2,1-2H3. The maximum absolute atomic E-state index is 11.8. The number of carbonyl (C=O) groups is 1. The molecular formula is C11H16N2O3. The van der Waals surface area contributed by atoms with Crippen molar-refractivity contribution in [3.8, 4) is 11.5 Å². The van der Waals surface area contributed by atoms with E-state index < -0.39 is 0 Å². The van der Waals surface area contributed by atoms with E-state index in [2.05, 4.69) is 0 Å². The van der Waals surface area contributed by atoms with Gasteiger partial charge in [-0.3, -0.25) is 4.79 Å². The zero-order valence-corrected chi connectivity index (χ0v) is 9.34. The molecule has 1 atom stereocenters. The molecule has 0 aliphatic carbocycles. The minimum atomic E-state index is -0.306. The van der Waals surface area contributed by atoms with E-state index in [0.29, 0.717) is 12.1 Å². The summed E-state index contributed by atoms with van der Waals surface area (Å²) in [6.07, 6.45) is 0. The predicted molar refractivity (Wildman–Crippen MR) is 60.4 cm³/mol. The zero-order chi connectivity index (χ0) is 12.3. The molecule has 0 bridgehead atoms. The van der Waals surface area contributed by atoms with Crippen molar-refractivity contribution in [2.75, 3.05) is 13.6 Å². The maximum atomic E-state index is 11.8. The lowest BCUT2D eigenvalue weighted by Crippen LogP contribution is -2.36. The minimum Gasteiger partial charge on any atom is -0.504 e. The second-order valence-electron chi connectivity index (χ2n) is 3.87. The normalized spacial score (nSPS) is 12.2. The van der Waals surface area contributed by atoms with Gasteiger partial charge in [0.05, 0.1) is 0 Å². The molecule has 0 radical (unpaired) electrons. The number of aromatic hydroxyl groups is 2. The number of phenols is 2. The van der Waals surface area contributed by atoms with Crippen LogP contribution < -0.4 is 5.73 Å². The van der Waals surface area contributed by atoms with Gasteiger partial charge in [0.1, 0.15) is 0 Å². The Morgan fingerprint density at radius 3 is 2.56 bits per heavy atom. The summed E-state index contributed by atoms with van der Waals surface area (Å²) < 4.78 is 0. The third-order valence-corrected chi connectivity index (χ3v) is 2.13. The van der Waals surface area contributed by atoms with Gasteiger partial charge < -0.3 is 20.8 Å². The van der Waals surface area contributed by atoms with Crippen LogP contribution in [0, 0.1) is 0 Å². The first-order chi connectivity index (χ1) is 7.41. The first kappa shape index (κ1) is 12.3. The SMILES string of the molecule is CC(N)CN(C)C(=O)c1ccc(O)c(O)c1. The van der Waals surface area contributed by atoms with E-state index in [1.54, 1.807) is 14.0 Å². The lowest BCUT2D eigenvalue weighted by molar-refractivity contribution is 0.0788. The average Bonchev–Trinajstić information content (AvgIpc) is 2.20. The number of amides is 1. The van der Waals surface area contributed by atoms with Crippen molar-refractivity contribution in [1.82, 2.24) is 4.90 Å². The van der Waals surface area contributed by atoms with Crippen LogP contribution in [-0.2, 0) is 0 Å². The average molecular weight is 224 g/mol. The van der Waals surface area contributed by atoms with E-state index in [0.717, 1.165) is 0 Å². The van der Waals surface area contributed by atoms with E-state index in [1.165, 1.54) is 23.1 Å². The molecule has 0 heterocycles. The van der Waals surface area contributed by atoms with Gasteiger partial charge in [-0.05, 0) is 25.1 Å². The van der Waals surface area contributed by atoms with Gasteiger partial charge in [0.15, 0.2) is 11.5 Å². The molecule has 0 saturated carbocycles. The molecule has 1 aromatic carbocycles. The zero-order valence-electron chi connectivity index (χ0n) is 9.34. The Morgan fingerprint density at radius 1 is 1.44 bits per heavy atom. The highest BCUT2D eigenvalue weighted by Crippen LogP contribution is 2.25. The first-order valence-corrected chi connectivity index (χ1v) is 4.95. The van der Waals surface area contributed by atoms with Crippen LogP contribution in [0.5, 0.6) is 11.5 Å². The highest BCUT2D eigenvalue weighted by Gasteiger charge is 2.14. The minimum absolute atomic E-state index is 0.111. The molecule has 1 aromatic rings. The molecule has 0 aromatic heterocycles. The van der Waals surface area contributed by atoms with Crippen molar-refractivity contribution in [2.24, 2.45) is 5.73 Å². The topological polar surface area (TPSA) is 86.8 Å². The monoisotopic (exact) mass is 224 g/mol. The fourth-order valence-electron chi connectivity index (χ4n) is 1.39. The van der Waals surface area contributed by atoms with Gasteiger partial charge in [0.25, 0.3) is 5.91 Å². The van der Waals surface area contributed by atoms with Crippen LogP contribution in [0.1, 0.15) is 17.3 Å². The molecule has 1 amide bonds. The van der Waals surface area contributed by atoms with Gasteiger partial charge in [-0.15, -0.1) is 0 Å². The van der Waals surface area contributed by atoms with E-state index in [4.69, 9.17) is 10.8 Å². The first-order valence-electron chi connectivity index (χ1n) is 4.95. The number of hydrogen-bond donors (Lipinski definition) is 3. The fraction of sp³-hybridized carbons (Fsp3) is 0.364. The molecule has 4 N–H and O–H groups in total. The Balaban J connectivity index is 2.84. The van der Waals surface area contributed by atoms with Crippen molar-refractivity contribution in [2.45, 2.75) is 13.0 Å². The van der Waals surface area contributed by atoms with Crippen molar-refractivity contribution in [3.05, 3.63) is 23.8 Å². The largest absolute Gasteiger partial charge is 0.504 e. The molecule has 16 heavy (non-hydrogen) atoms. The van der Waals surface area contributed by atoms with Crippen molar-refractivity contribution in [1.29, 1.82) is 0 Å². The van der Waals surface area contributed by atoms with Gasteiger partial charge in [-0.1, -0.05) is 0 Å². The number of rotatable bonds is 3. The number of nitrogens with zero attached hydrogens (tertiary/aromatic N) is 1. The highest BCUT2D eigenvalue weighted by atomic mass is 16.3. The van der Waals surface area contributed by atoms with Gasteiger partial charge >= 0.3 is 0 Å². The molecule has 1 unspecified atom stereocenters. The predicted octanol–water partition coefficient (Wildman–Crippen LogP) is 0.517. The number of hydrogen-bond acceptors (Lipinski definition) is 4. The lowest BCUT2D eigenvalue weighted by atomic mass is 10.1. The summed E-state index contributed by atoms with van der Waals surface area (Å²) in [7, 11) is 1.63. The van der Waals surface area contributed by atoms with E-state index in [-0.39, 0.29) is 23.4 Å². The lowest BCUT2D eigenvalue weighted by Gasteiger charge is -2.19. The van der Waals surface area contributed by atoms with Gasteiger partial charge in [-0.25, -0.2) is 0 Å². The molecular weight excluding hydrogens is 208 g/mol. The molecule has 0 spiro atoms. The summed E-state index contributed by atoms with van der Waals surface area (Å²) in [5, 5.41) is 18.4. The van der Waals surface area contributed by atoms with Crippen LogP contribution in [0.25, 0.3) is 0 Å². The molecule has 0 saturated heterocycles. The molecule has 0 aliphatic rings. The summed E-state index contributed by atoms with van der Waals surface area (Å²) in [6, 6.07) is 3.85. The summed E-state index contributed by atoms with van der Waals surface area (Å²) in [4.78, 5) is 13.3. The molecule has 0 fully saturated rings. The van der Waals surface area contributed by atoms with Crippen LogP contribution in [0.4, 0.5) is 0 Å². The highest BCUT2D eigenvalue weighted by molar-refractivity contribution is 5.94. The van der Waals surface area contributed by atoms with Crippen LogP contribution in [0.2, 0.25) is 0 Å². The maximum Gasteiger partial charge on any atom is 0.253 e. The Kier molecular flexibility index (Phi) is 3.73. The molecule has 1 rings (SSSR count).